The van der Waals surface area contributed by atoms with E-state index in [1.165, 1.54) is 0 Å². The van der Waals surface area contributed by atoms with E-state index < -0.39 is 5.97 Å². The first-order valence-corrected chi connectivity index (χ1v) is 3.52. The molecule has 1 aliphatic rings. The van der Waals surface area contributed by atoms with Gasteiger partial charge in [0.25, 0.3) is 0 Å². The molecule has 0 radical (unpaired) electrons. The molecule has 0 spiro atoms. The van der Waals surface area contributed by atoms with Gasteiger partial charge in [-0.1, -0.05) is 0 Å². The molecule has 4 nitrogen and oxygen atoms in total. The fourth-order valence-corrected chi connectivity index (χ4v) is 0.896. The number of aliphatic carboxylic acids is 1. The molecule has 11 heavy (non-hydrogen) atoms. The van der Waals surface area contributed by atoms with E-state index in [0.717, 1.165) is 19.2 Å². The minimum Gasteiger partial charge on any atom is -0.478 e. The van der Waals surface area contributed by atoms with Crippen molar-refractivity contribution in [3.05, 3.63) is 12.3 Å². The Morgan fingerprint density at radius 2 is 2.09 bits per heavy atom. The zero-order valence-corrected chi connectivity index (χ0v) is 6.19. The largest absolute Gasteiger partial charge is 0.478 e. The van der Waals surface area contributed by atoms with Crippen molar-refractivity contribution in [2.24, 2.45) is 0 Å². The van der Waals surface area contributed by atoms with Gasteiger partial charge in [0.15, 0.2) is 0 Å². The second-order valence-electron chi connectivity index (χ2n) is 2.30. The topological polar surface area (TPSA) is 49.8 Å². The highest BCUT2D eigenvalue weighted by atomic mass is 16.5. The van der Waals surface area contributed by atoms with Crippen LogP contribution in [-0.2, 0) is 9.53 Å². The van der Waals surface area contributed by atoms with E-state index in [1.807, 2.05) is 4.90 Å². The van der Waals surface area contributed by atoms with E-state index in [1.54, 1.807) is 6.20 Å². The maximum Gasteiger partial charge on any atom is 0.329 e. The summed E-state index contributed by atoms with van der Waals surface area (Å²) in [7, 11) is 0. The number of ether oxygens (including phenoxy) is 1. The Morgan fingerprint density at radius 1 is 1.45 bits per heavy atom. The van der Waals surface area contributed by atoms with Gasteiger partial charge in [-0.3, -0.25) is 0 Å². The van der Waals surface area contributed by atoms with E-state index in [2.05, 4.69) is 0 Å². The lowest BCUT2D eigenvalue weighted by atomic mass is 10.4. The summed E-state index contributed by atoms with van der Waals surface area (Å²) in [6.45, 7) is 2.93. The lowest BCUT2D eigenvalue weighted by Crippen LogP contribution is -2.32. The van der Waals surface area contributed by atoms with Crippen molar-refractivity contribution in [1.29, 1.82) is 0 Å². The Bertz CT molecular complexity index is 161. The molecule has 1 fully saturated rings. The average molecular weight is 157 g/mol. The molecule has 1 heterocycles. The van der Waals surface area contributed by atoms with Gasteiger partial charge in [0.2, 0.25) is 0 Å². The number of morpholine rings is 1. The molecule has 1 rings (SSSR count). The van der Waals surface area contributed by atoms with Gasteiger partial charge in [0.05, 0.1) is 13.2 Å². The van der Waals surface area contributed by atoms with Gasteiger partial charge >= 0.3 is 5.97 Å². The number of hydrogen-bond donors (Lipinski definition) is 1. The van der Waals surface area contributed by atoms with Gasteiger partial charge in [-0.15, -0.1) is 0 Å². The molecule has 0 saturated carbocycles. The van der Waals surface area contributed by atoms with Crippen molar-refractivity contribution < 1.29 is 14.6 Å². The number of carboxylic acids is 1. The predicted octanol–water partition coefficient (Wildman–Crippen LogP) is -0.0831. The Labute approximate surface area is 65.1 Å². The Morgan fingerprint density at radius 3 is 2.64 bits per heavy atom. The van der Waals surface area contributed by atoms with Gasteiger partial charge in [-0.2, -0.15) is 0 Å². The third-order valence-corrected chi connectivity index (χ3v) is 1.47. The van der Waals surface area contributed by atoms with E-state index in [0.29, 0.717) is 13.2 Å². The van der Waals surface area contributed by atoms with E-state index >= 15 is 0 Å². The highest BCUT2D eigenvalue weighted by Crippen LogP contribution is 1.96. The maximum atomic E-state index is 10.1. The van der Waals surface area contributed by atoms with Gasteiger partial charge in [-0.25, -0.2) is 4.79 Å². The third kappa shape index (κ3) is 3.04. The first-order chi connectivity index (χ1) is 5.29. The van der Waals surface area contributed by atoms with Crippen LogP contribution in [0.2, 0.25) is 0 Å². The number of hydrogen-bond acceptors (Lipinski definition) is 3. The van der Waals surface area contributed by atoms with Crippen molar-refractivity contribution in [1.82, 2.24) is 4.90 Å². The molecule has 0 bridgehead atoms. The minimum atomic E-state index is -0.906. The zero-order valence-electron chi connectivity index (χ0n) is 6.19. The Kier molecular flexibility index (Phi) is 2.92. The van der Waals surface area contributed by atoms with Crippen molar-refractivity contribution in [2.75, 3.05) is 26.3 Å². The van der Waals surface area contributed by atoms with Crippen LogP contribution in [0.4, 0.5) is 0 Å². The average Bonchev–Trinajstić information content (AvgIpc) is 2.03. The summed E-state index contributed by atoms with van der Waals surface area (Å²) < 4.78 is 5.08. The molecule has 0 aromatic heterocycles. The van der Waals surface area contributed by atoms with Crippen LogP contribution in [0.25, 0.3) is 0 Å². The second-order valence-corrected chi connectivity index (χ2v) is 2.30. The monoisotopic (exact) mass is 157 g/mol. The molecule has 1 saturated heterocycles. The molecule has 0 unspecified atom stereocenters. The smallest absolute Gasteiger partial charge is 0.329 e. The van der Waals surface area contributed by atoms with Crippen LogP contribution in [0.15, 0.2) is 12.3 Å². The predicted molar refractivity (Wildman–Crippen MR) is 39.2 cm³/mol. The van der Waals surface area contributed by atoms with Crippen LogP contribution in [0.1, 0.15) is 0 Å². The van der Waals surface area contributed by atoms with Gasteiger partial charge in [-0.05, 0) is 0 Å². The Hall–Kier alpha value is -1.03. The fraction of sp³-hybridized carbons (Fsp3) is 0.571. The maximum absolute atomic E-state index is 10.1. The number of carbonyl (C=O) groups is 1. The molecule has 1 N–H and O–H groups in total. The highest BCUT2D eigenvalue weighted by molar-refractivity contribution is 5.79. The summed E-state index contributed by atoms with van der Waals surface area (Å²) >= 11 is 0. The molecule has 0 atom stereocenters. The number of rotatable bonds is 2. The standard InChI is InChI=1S/C7H11NO3/c9-7(10)1-2-8-3-5-11-6-4-8/h1-2H,3-6H2,(H,9,10). The van der Waals surface area contributed by atoms with Crippen molar-refractivity contribution in [3.63, 3.8) is 0 Å². The Balaban J connectivity index is 2.29. The van der Waals surface area contributed by atoms with Crippen molar-refractivity contribution in [2.45, 2.75) is 0 Å². The third-order valence-electron chi connectivity index (χ3n) is 1.47. The zero-order chi connectivity index (χ0) is 8.10. The van der Waals surface area contributed by atoms with Crippen molar-refractivity contribution >= 4 is 5.97 Å². The summed E-state index contributed by atoms with van der Waals surface area (Å²) in [5.74, 6) is -0.906. The first kappa shape index (κ1) is 8.07. The lowest BCUT2D eigenvalue weighted by molar-refractivity contribution is -0.131. The number of nitrogens with zero attached hydrogens (tertiary/aromatic N) is 1. The van der Waals surface area contributed by atoms with Gasteiger partial charge in [0.1, 0.15) is 0 Å². The molecule has 0 aromatic carbocycles. The summed E-state index contributed by atoms with van der Waals surface area (Å²) in [6.07, 6.45) is 2.73. The highest BCUT2D eigenvalue weighted by Gasteiger charge is 2.04. The summed E-state index contributed by atoms with van der Waals surface area (Å²) in [6, 6.07) is 0. The molecule has 0 amide bonds. The van der Waals surface area contributed by atoms with E-state index in [4.69, 9.17) is 9.84 Å². The van der Waals surface area contributed by atoms with E-state index in [9.17, 15) is 4.79 Å². The molecule has 1 aliphatic heterocycles. The molecular weight excluding hydrogens is 146 g/mol. The van der Waals surface area contributed by atoms with E-state index in [-0.39, 0.29) is 0 Å². The summed E-state index contributed by atoms with van der Waals surface area (Å²) in [4.78, 5) is 12.0. The normalized spacial score (nSPS) is 19.1. The summed E-state index contributed by atoms with van der Waals surface area (Å²) in [5, 5.41) is 8.30. The van der Waals surface area contributed by atoms with Gasteiger partial charge < -0.3 is 14.7 Å². The molecule has 62 valence electrons. The molecule has 0 aromatic rings. The molecular formula is C7H11NO3. The molecule has 0 aliphatic carbocycles. The van der Waals surface area contributed by atoms with Crippen molar-refractivity contribution in [3.8, 4) is 0 Å². The second kappa shape index (κ2) is 3.98. The quantitative estimate of drug-likeness (QED) is 0.569. The van der Waals surface area contributed by atoms with Crippen LogP contribution >= 0.6 is 0 Å². The van der Waals surface area contributed by atoms with Crippen LogP contribution in [0, 0.1) is 0 Å². The minimum absolute atomic E-state index is 0.684. The fourth-order valence-electron chi connectivity index (χ4n) is 0.896. The summed E-state index contributed by atoms with van der Waals surface area (Å²) in [5.41, 5.74) is 0. The lowest BCUT2D eigenvalue weighted by Gasteiger charge is -2.24. The first-order valence-electron chi connectivity index (χ1n) is 3.52. The van der Waals surface area contributed by atoms with Crippen LogP contribution in [-0.4, -0.2) is 42.3 Å². The van der Waals surface area contributed by atoms with Crippen LogP contribution in [0.3, 0.4) is 0 Å². The molecule has 4 heteroatoms. The van der Waals surface area contributed by atoms with Gasteiger partial charge in [0, 0.05) is 25.4 Å². The van der Waals surface area contributed by atoms with Crippen LogP contribution in [0.5, 0.6) is 0 Å². The SMILES string of the molecule is O=C(O)C=CN1CCOCC1. The number of carboxylic acid groups (broad SMARTS) is 1. The van der Waals surface area contributed by atoms with Crippen LogP contribution < -0.4 is 0 Å².